The highest BCUT2D eigenvalue weighted by Crippen LogP contribution is 2.20. The van der Waals surface area contributed by atoms with E-state index in [4.69, 9.17) is 4.74 Å². The fourth-order valence-corrected chi connectivity index (χ4v) is 1.56. The van der Waals surface area contributed by atoms with Gasteiger partial charge in [0.05, 0.1) is 17.2 Å². The third-order valence-electron chi connectivity index (χ3n) is 2.79. The Bertz CT molecular complexity index is 397. The molecule has 0 spiro atoms. The molecule has 0 unspecified atom stereocenters. The van der Waals surface area contributed by atoms with E-state index in [1.165, 1.54) is 18.5 Å². The van der Waals surface area contributed by atoms with Gasteiger partial charge in [-0.05, 0) is 20.0 Å². The second-order valence-electron chi connectivity index (χ2n) is 3.87. The number of hydrogen-bond acceptors (Lipinski definition) is 5. The van der Waals surface area contributed by atoms with Gasteiger partial charge in [0.15, 0.2) is 0 Å². The topological polar surface area (TPSA) is 68.5 Å². The number of nitrogens with zero attached hydrogens (tertiary/aromatic N) is 3. The van der Waals surface area contributed by atoms with E-state index in [-0.39, 0.29) is 5.69 Å². The Balaban J connectivity index is 1.93. The van der Waals surface area contributed by atoms with Crippen LogP contribution in [0.15, 0.2) is 18.5 Å². The van der Waals surface area contributed by atoms with Gasteiger partial charge in [0.1, 0.15) is 18.6 Å². The molecule has 1 fully saturated rings. The third kappa shape index (κ3) is 2.27. The fraction of sp³-hybridized carbons (Fsp3) is 0.500. The van der Waals surface area contributed by atoms with Crippen LogP contribution >= 0.6 is 0 Å². The molecule has 0 saturated carbocycles. The number of hydrogen-bond donors (Lipinski definition) is 0. The molecule has 86 valence electrons. The molecular formula is C10H13N3O3. The van der Waals surface area contributed by atoms with Crippen LogP contribution in [0.1, 0.15) is 6.42 Å². The summed E-state index contributed by atoms with van der Waals surface area (Å²) in [7, 11) is 2.03. The number of ether oxygens (including phenoxy) is 1. The van der Waals surface area contributed by atoms with Crippen molar-refractivity contribution in [3.05, 3.63) is 28.6 Å². The number of aromatic nitrogens is 1. The molecule has 0 aromatic carbocycles. The minimum atomic E-state index is -0.477. The fourth-order valence-electron chi connectivity index (χ4n) is 1.56. The van der Waals surface area contributed by atoms with Gasteiger partial charge in [0.25, 0.3) is 5.69 Å². The summed E-state index contributed by atoms with van der Waals surface area (Å²) < 4.78 is 5.46. The van der Waals surface area contributed by atoms with Crippen LogP contribution < -0.4 is 4.74 Å². The molecule has 2 heterocycles. The summed E-state index contributed by atoms with van der Waals surface area (Å²) in [6, 6.07) is 1.81. The zero-order chi connectivity index (χ0) is 11.5. The van der Waals surface area contributed by atoms with Crippen molar-refractivity contribution in [1.29, 1.82) is 0 Å². The lowest BCUT2D eigenvalue weighted by Gasteiger charge is -2.37. The first-order chi connectivity index (χ1) is 7.66. The van der Waals surface area contributed by atoms with E-state index in [1.807, 2.05) is 7.05 Å². The smallest absolute Gasteiger partial charge is 0.291 e. The first-order valence-corrected chi connectivity index (χ1v) is 5.09. The first kappa shape index (κ1) is 10.8. The van der Waals surface area contributed by atoms with Crippen LogP contribution in [0.5, 0.6) is 5.75 Å². The van der Waals surface area contributed by atoms with Crippen LogP contribution in [-0.2, 0) is 0 Å². The standard InChI is InChI=1S/C10H13N3O3/c1-12-3-2-8(12)7-16-10-4-9(13(14)15)5-11-6-10/h4-6,8H,2-3,7H2,1H3/t8-/m0/s1. The molecule has 0 N–H and O–H groups in total. The summed E-state index contributed by atoms with van der Waals surface area (Å²) in [5.74, 6) is 0.453. The number of pyridine rings is 1. The summed E-state index contributed by atoms with van der Waals surface area (Å²) >= 11 is 0. The summed E-state index contributed by atoms with van der Waals surface area (Å²) in [5.41, 5.74) is -0.0422. The Morgan fingerprint density at radius 1 is 1.69 bits per heavy atom. The van der Waals surface area contributed by atoms with Gasteiger partial charge in [-0.25, -0.2) is 0 Å². The van der Waals surface area contributed by atoms with Gasteiger partial charge in [-0.1, -0.05) is 0 Å². The maximum absolute atomic E-state index is 10.5. The van der Waals surface area contributed by atoms with Crippen molar-refractivity contribution in [2.45, 2.75) is 12.5 Å². The lowest BCUT2D eigenvalue weighted by Crippen LogP contribution is -2.48. The van der Waals surface area contributed by atoms with Crippen LogP contribution in [0.2, 0.25) is 0 Å². The van der Waals surface area contributed by atoms with Gasteiger partial charge in [0, 0.05) is 6.04 Å². The minimum absolute atomic E-state index is 0.0422. The van der Waals surface area contributed by atoms with Crippen molar-refractivity contribution in [3.8, 4) is 5.75 Å². The van der Waals surface area contributed by atoms with Crippen molar-refractivity contribution in [2.24, 2.45) is 0 Å². The minimum Gasteiger partial charge on any atom is -0.490 e. The van der Waals surface area contributed by atoms with Gasteiger partial charge in [0.2, 0.25) is 0 Å². The SMILES string of the molecule is CN1CC[C@H]1COc1cncc([N+](=O)[O-])c1. The van der Waals surface area contributed by atoms with Crippen LogP contribution in [-0.4, -0.2) is 41.0 Å². The number of nitro groups is 1. The van der Waals surface area contributed by atoms with Crippen LogP contribution in [0, 0.1) is 10.1 Å². The monoisotopic (exact) mass is 223 g/mol. The van der Waals surface area contributed by atoms with Gasteiger partial charge < -0.3 is 4.74 Å². The van der Waals surface area contributed by atoms with Crippen molar-refractivity contribution in [3.63, 3.8) is 0 Å². The number of rotatable bonds is 4. The van der Waals surface area contributed by atoms with E-state index in [0.717, 1.165) is 13.0 Å². The Labute approximate surface area is 93.0 Å². The highest BCUT2D eigenvalue weighted by Gasteiger charge is 2.24. The Morgan fingerprint density at radius 3 is 3.06 bits per heavy atom. The first-order valence-electron chi connectivity index (χ1n) is 5.09. The third-order valence-corrected chi connectivity index (χ3v) is 2.79. The van der Waals surface area contributed by atoms with E-state index < -0.39 is 4.92 Å². The van der Waals surface area contributed by atoms with Gasteiger partial charge >= 0.3 is 0 Å². The molecule has 1 saturated heterocycles. The van der Waals surface area contributed by atoms with E-state index in [1.54, 1.807) is 0 Å². The van der Waals surface area contributed by atoms with E-state index in [9.17, 15) is 10.1 Å². The van der Waals surface area contributed by atoms with Crippen molar-refractivity contribution < 1.29 is 9.66 Å². The van der Waals surface area contributed by atoms with Gasteiger partial charge in [-0.2, -0.15) is 0 Å². The lowest BCUT2D eigenvalue weighted by atomic mass is 10.1. The molecule has 0 bridgehead atoms. The van der Waals surface area contributed by atoms with Gasteiger partial charge in [-0.15, -0.1) is 0 Å². The second-order valence-corrected chi connectivity index (χ2v) is 3.87. The van der Waals surface area contributed by atoms with Crippen molar-refractivity contribution in [1.82, 2.24) is 9.88 Å². The van der Waals surface area contributed by atoms with E-state index in [0.29, 0.717) is 18.4 Å². The number of likely N-dealkylation sites (tertiary alicyclic amines) is 1. The maximum Gasteiger partial charge on any atom is 0.291 e. The average Bonchev–Trinajstić information content (AvgIpc) is 2.27. The molecule has 6 heteroatoms. The molecule has 1 aromatic rings. The Morgan fingerprint density at radius 2 is 2.50 bits per heavy atom. The van der Waals surface area contributed by atoms with Crippen molar-refractivity contribution >= 4 is 5.69 Å². The maximum atomic E-state index is 10.5. The summed E-state index contributed by atoms with van der Waals surface area (Å²) in [6.07, 6.45) is 3.81. The van der Waals surface area contributed by atoms with E-state index >= 15 is 0 Å². The second kappa shape index (κ2) is 4.44. The quantitative estimate of drug-likeness (QED) is 0.564. The van der Waals surface area contributed by atoms with Crippen LogP contribution in [0.3, 0.4) is 0 Å². The zero-order valence-electron chi connectivity index (χ0n) is 9.00. The molecule has 16 heavy (non-hydrogen) atoms. The summed E-state index contributed by atoms with van der Waals surface area (Å²) in [6.45, 7) is 1.64. The molecule has 1 aliphatic heterocycles. The predicted octanol–water partition coefficient (Wildman–Crippen LogP) is 1.07. The normalized spacial score (nSPS) is 20.2. The van der Waals surface area contributed by atoms with Gasteiger partial charge in [-0.3, -0.25) is 20.0 Å². The highest BCUT2D eigenvalue weighted by atomic mass is 16.6. The molecule has 0 amide bonds. The van der Waals surface area contributed by atoms with Crippen LogP contribution in [0.25, 0.3) is 0 Å². The Kier molecular flexibility index (Phi) is 3.00. The Hall–Kier alpha value is -1.69. The predicted molar refractivity (Wildman–Crippen MR) is 57.4 cm³/mol. The molecule has 0 radical (unpaired) electrons. The molecule has 6 nitrogen and oxygen atoms in total. The zero-order valence-corrected chi connectivity index (χ0v) is 9.00. The highest BCUT2D eigenvalue weighted by molar-refractivity contribution is 5.33. The average molecular weight is 223 g/mol. The molecule has 1 atom stereocenters. The van der Waals surface area contributed by atoms with E-state index in [2.05, 4.69) is 9.88 Å². The largest absolute Gasteiger partial charge is 0.490 e. The molecule has 1 aromatic heterocycles. The molecular weight excluding hydrogens is 210 g/mol. The van der Waals surface area contributed by atoms with Crippen LogP contribution in [0.4, 0.5) is 5.69 Å². The molecule has 2 rings (SSSR count). The molecule has 0 aliphatic carbocycles. The van der Waals surface area contributed by atoms with Crippen molar-refractivity contribution in [2.75, 3.05) is 20.2 Å². The number of likely N-dealkylation sites (N-methyl/N-ethyl adjacent to an activating group) is 1. The summed E-state index contributed by atoms with van der Waals surface area (Å²) in [4.78, 5) is 16.0. The molecule has 1 aliphatic rings. The summed E-state index contributed by atoms with van der Waals surface area (Å²) in [5, 5.41) is 10.5. The lowest BCUT2D eigenvalue weighted by molar-refractivity contribution is -0.385.